The van der Waals surface area contributed by atoms with Crippen molar-refractivity contribution in [1.82, 2.24) is 10.2 Å². The minimum absolute atomic E-state index is 0.0514. The Morgan fingerprint density at radius 3 is 2.20 bits per heavy atom. The molecule has 0 saturated carbocycles. The Bertz CT molecular complexity index is 1450. The van der Waals surface area contributed by atoms with Gasteiger partial charge in [0.15, 0.2) is 0 Å². The van der Waals surface area contributed by atoms with E-state index in [9.17, 15) is 18.0 Å². The molecule has 0 heterocycles. The number of carbonyl (C=O) groups is 2. The third kappa shape index (κ3) is 10.6. The first kappa shape index (κ1) is 34.4. The van der Waals surface area contributed by atoms with Crippen molar-refractivity contribution in [2.24, 2.45) is 5.92 Å². The zero-order valence-electron chi connectivity index (χ0n) is 26.4. The summed E-state index contributed by atoms with van der Waals surface area (Å²) in [6.45, 7) is 7.20. The third-order valence-corrected chi connectivity index (χ3v) is 8.22. The van der Waals surface area contributed by atoms with E-state index in [0.717, 1.165) is 17.4 Å². The average molecular weight is 624 g/mol. The van der Waals surface area contributed by atoms with Crippen molar-refractivity contribution < 1.29 is 27.5 Å². The van der Waals surface area contributed by atoms with Crippen molar-refractivity contribution >= 4 is 27.5 Å². The van der Waals surface area contributed by atoms with Gasteiger partial charge in [0.05, 0.1) is 25.7 Å². The second kappa shape index (κ2) is 16.7. The molecular formula is C34H45N3O6S. The first-order valence-corrected chi connectivity index (χ1v) is 16.8. The number of amides is 2. The third-order valence-electron chi connectivity index (χ3n) is 7.03. The molecule has 238 valence electrons. The van der Waals surface area contributed by atoms with Crippen LogP contribution in [0.4, 0.5) is 5.69 Å². The van der Waals surface area contributed by atoms with Gasteiger partial charge in [-0.25, -0.2) is 8.42 Å². The molecule has 0 aliphatic rings. The van der Waals surface area contributed by atoms with E-state index in [0.29, 0.717) is 36.8 Å². The molecule has 0 fully saturated rings. The molecule has 3 aromatic carbocycles. The van der Waals surface area contributed by atoms with Crippen molar-refractivity contribution in [1.29, 1.82) is 0 Å². The maximum absolute atomic E-state index is 14.0. The van der Waals surface area contributed by atoms with Gasteiger partial charge in [0, 0.05) is 32.5 Å². The van der Waals surface area contributed by atoms with E-state index in [-0.39, 0.29) is 43.7 Å². The van der Waals surface area contributed by atoms with Crippen LogP contribution in [0.1, 0.15) is 44.7 Å². The highest BCUT2D eigenvalue weighted by Crippen LogP contribution is 2.23. The monoisotopic (exact) mass is 623 g/mol. The average Bonchev–Trinajstić information content (AvgIpc) is 3.00. The van der Waals surface area contributed by atoms with E-state index in [1.165, 1.54) is 4.31 Å². The topological polar surface area (TPSA) is 105 Å². The zero-order valence-corrected chi connectivity index (χ0v) is 27.2. The lowest BCUT2D eigenvalue weighted by atomic mass is 10.0. The van der Waals surface area contributed by atoms with Crippen LogP contribution in [0.25, 0.3) is 0 Å². The highest BCUT2D eigenvalue weighted by atomic mass is 32.2. The molecule has 0 aliphatic heterocycles. The standard InChI is InChI=1S/C34H45N3O6S/c1-6-43-30-19-17-29(18-20-30)37(44(5,40)41)21-11-16-33(38)36(25-28-14-10-15-31(22-28)42-4)32(34(39)35-24-26(2)3)23-27-12-8-7-9-13-27/h7-10,12-15,17-20,22,26,32H,6,11,16,21,23-25H2,1-5H3,(H,35,39)/t32-/m1/s1. The summed E-state index contributed by atoms with van der Waals surface area (Å²) in [7, 11) is -2.03. The van der Waals surface area contributed by atoms with Crippen LogP contribution in [-0.2, 0) is 32.6 Å². The Morgan fingerprint density at radius 1 is 0.909 bits per heavy atom. The van der Waals surface area contributed by atoms with Gasteiger partial charge in [-0.15, -0.1) is 0 Å². The molecule has 1 N–H and O–H groups in total. The number of rotatable bonds is 17. The quantitative estimate of drug-likeness (QED) is 0.226. The summed E-state index contributed by atoms with van der Waals surface area (Å²) in [4.78, 5) is 29.3. The lowest BCUT2D eigenvalue weighted by Crippen LogP contribution is -2.51. The van der Waals surface area contributed by atoms with Crippen LogP contribution in [0.15, 0.2) is 78.9 Å². The molecule has 0 bridgehead atoms. The predicted molar refractivity (Wildman–Crippen MR) is 174 cm³/mol. The SMILES string of the molecule is CCOc1ccc(N(CCCC(=O)N(Cc2cccc(OC)c2)[C@H](Cc2ccccc2)C(=O)NCC(C)C)S(C)(=O)=O)cc1. The van der Waals surface area contributed by atoms with Crippen molar-refractivity contribution in [3.63, 3.8) is 0 Å². The zero-order chi connectivity index (χ0) is 32.1. The number of hydrogen-bond acceptors (Lipinski definition) is 6. The Balaban J connectivity index is 1.88. The molecule has 9 nitrogen and oxygen atoms in total. The van der Waals surface area contributed by atoms with Gasteiger partial charge in [0.2, 0.25) is 21.8 Å². The Kier molecular flexibility index (Phi) is 13.1. The summed E-state index contributed by atoms with van der Waals surface area (Å²) in [6, 6.07) is 23.1. The highest BCUT2D eigenvalue weighted by Gasteiger charge is 2.30. The van der Waals surface area contributed by atoms with E-state index >= 15 is 0 Å². The Morgan fingerprint density at radius 2 is 1.59 bits per heavy atom. The maximum atomic E-state index is 14.0. The van der Waals surface area contributed by atoms with Gasteiger partial charge in [0.1, 0.15) is 17.5 Å². The molecule has 1 atom stereocenters. The Labute approximate surface area is 262 Å². The van der Waals surface area contributed by atoms with Crippen molar-refractivity contribution in [3.8, 4) is 11.5 Å². The van der Waals surface area contributed by atoms with Crippen LogP contribution in [0.3, 0.4) is 0 Å². The first-order chi connectivity index (χ1) is 21.0. The normalized spacial score (nSPS) is 12.0. The molecule has 3 rings (SSSR count). The molecule has 10 heteroatoms. The minimum Gasteiger partial charge on any atom is -0.497 e. The van der Waals surface area contributed by atoms with Gasteiger partial charge in [-0.1, -0.05) is 56.3 Å². The number of ether oxygens (including phenoxy) is 2. The number of carbonyl (C=O) groups excluding carboxylic acids is 2. The van der Waals surface area contributed by atoms with Crippen LogP contribution in [-0.4, -0.2) is 64.2 Å². The number of sulfonamides is 1. The lowest BCUT2D eigenvalue weighted by molar-refractivity contribution is -0.141. The summed E-state index contributed by atoms with van der Waals surface area (Å²) in [5.74, 6) is 1.06. The van der Waals surface area contributed by atoms with Crippen LogP contribution in [0.5, 0.6) is 11.5 Å². The fourth-order valence-electron chi connectivity index (χ4n) is 4.82. The lowest BCUT2D eigenvalue weighted by Gasteiger charge is -2.32. The second-order valence-corrected chi connectivity index (χ2v) is 13.0. The molecule has 0 radical (unpaired) electrons. The molecule has 0 unspecified atom stereocenters. The molecule has 0 spiro atoms. The maximum Gasteiger partial charge on any atom is 0.243 e. The fourth-order valence-corrected chi connectivity index (χ4v) is 5.79. The summed E-state index contributed by atoms with van der Waals surface area (Å²) < 4.78 is 37.6. The summed E-state index contributed by atoms with van der Waals surface area (Å²) in [5.41, 5.74) is 2.24. The van der Waals surface area contributed by atoms with E-state index in [1.807, 2.05) is 75.4 Å². The summed E-state index contributed by atoms with van der Waals surface area (Å²) >= 11 is 0. The number of hydrogen-bond donors (Lipinski definition) is 1. The van der Waals surface area contributed by atoms with Gasteiger partial charge in [0.25, 0.3) is 0 Å². The van der Waals surface area contributed by atoms with E-state index in [1.54, 1.807) is 36.3 Å². The molecule has 44 heavy (non-hydrogen) atoms. The van der Waals surface area contributed by atoms with E-state index < -0.39 is 16.1 Å². The predicted octanol–water partition coefficient (Wildman–Crippen LogP) is 5.05. The van der Waals surface area contributed by atoms with Gasteiger partial charge >= 0.3 is 0 Å². The van der Waals surface area contributed by atoms with Gasteiger partial charge in [-0.3, -0.25) is 13.9 Å². The van der Waals surface area contributed by atoms with Crippen LogP contribution < -0.4 is 19.1 Å². The summed E-state index contributed by atoms with van der Waals surface area (Å²) in [6.07, 6.45) is 1.80. The highest BCUT2D eigenvalue weighted by molar-refractivity contribution is 7.92. The number of methoxy groups -OCH3 is 1. The number of nitrogens with zero attached hydrogens (tertiary/aromatic N) is 2. The molecule has 0 aliphatic carbocycles. The number of benzene rings is 3. The minimum atomic E-state index is -3.61. The van der Waals surface area contributed by atoms with Gasteiger partial charge < -0.3 is 19.7 Å². The molecule has 2 amide bonds. The van der Waals surface area contributed by atoms with Gasteiger partial charge in [-0.05, 0) is 66.8 Å². The second-order valence-electron chi connectivity index (χ2n) is 11.1. The smallest absolute Gasteiger partial charge is 0.243 e. The van der Waals surface area contributed by atoms with Gasteiger partial charge in [-0.2, -0.15) is 0 Å². The first-order valence-electron chi connectivity index (χ1n) is 15.0. The van der Waals surface area contributed by atoms with Crippen LogP contribution in [0.2, 0.25) is 0 Å². The molecular weight excluding hydrogens is 578 g/mol. The Hall–Kier alpha value is -4.05. The van der Waals surface area contributed by atoms with E-state index in [4.69, 9.17) is 9.47 Å². The summed E-state index contributed by atoms with van der Waals surface area (Å²) in [5, 5.41) is 3.02. The van der Waals surface area contributed by atoms with Crippen molar-refractivity contribution in [2.45, 2.75) is 52.6 Å². The van der Waals surface area contributed by atoms with Crippen molar-refractivity contribution in [2.75, 3.05) is 37.4 Å². The number of nitrogens with one attached hydrogen (secondary N) is 1. The molecule has 3 aromatic rings. The van der Waals surface area contributed by atoms with Crippen LogP contribution >= 0.6 is 0 Å². The fraction of sp³-hybridized carbons (Fsp3) is 0.412. The molecule has 0 aromatic heterocycles. The van der Waals surface area contributed by atoms with Crippen LogP contribution in [0, 0.1) is 5.92 Å². The van der Waals surface area contributed by atoms with E-state index in [2.05, 4.69) is 5.32 Å². The number of anilines is 1. The largest absolute Gasteiger partial charge is 0.497 e. The van der Waals surface area contributed by atoms with Crippen molar-refractivity contribution in [3.05, 3.63) is 90.0 Å². The molecule has 0 saturated heterocycles.